The molecule has 19 heavy (non-hydrogen) atoms. The molecule has 0 unspecified atom stereocenters. The first-order valence-electron chi connectivity index (χ1n) is 5.75. The smallest absolute Gasteiger partial charge is 0.251 e. The third kappa shape index (κ3) is 4.12. The minimum absolute atomic E-state index is 0. The van der Waals surface area contributed by atoms with Crippen molar-refractivity contribution in [2.75, 3.05) is 24.2 Å². The lowest BCUT2D eigenvalue weighted by molar-refractivity contribution is -0.113. The molecule has 0 radical (unpaired) electrons. The topological polar surface area (TPSA) is 84.2 Å². The molecule has 0 aromatic heterocycles. The van der Waals surface area contributed by atoms with E-state index in [1.54, 1.807) is 12.1 Å². The van der Waals surface area contributed by atoms with E-state index in [1.807, 2.05) is 6.07 Å². The highest BCUT2D eigenvalue weighted by Crippen LogP contribution is 2.31. The van der Waals surface area contributed by atoms with E-state index >= 15 is 0 Å². The fraction of sp³-hybridized carbons (Fsp3) is 0.333. The van der Waals surface area contributed by atoms with Crippen molar-refractivity contribution in [2.45, 2.75) is 11.3 Å². The number of benzene rings is 1. The molecule has 1 heterocycles. The van der Waals surface area contributed by atoms with E-state index < -0.39 is 0 Å². The zero-order chi connectivity index (χ0) is 13.0. The van der Waals surface area contributed by atoms with Crippen LogP contribution in [0.4, 0.5) is 5.69 Å². The van der Waals surface area contributed by atoms with Gasteiger partial charge in [-0.15, -0.1) is 24.2 Å². The van der Waals surface area contributed by atoms with Gasteiger partial charge < -0.3 is 16.4 Å². The lowest BCUT2D eigenvalue weighted by Gasteiger charge is -2.16. The molecule has 0 bridgehead atoms. The summed E-state index contributed by atoms with van der Waals surface area (Å²) in [6.45, 7) is 1.12. The van der Waals surface area contributed by atoms with Gasteiger partial charge in [-0.2, -0.15) is 0 Å². The van der Waals surface area contributed by atoms with Crippen molar-refractivity contribution in [3.8, 4) is 0 Å². The quantitative estimate of drug-likeness (QED) is 0.730. The van der Waals surface area contributed by atoms with Crippen LogP contribution >= 0.6 is 24.2 Å². The number of rotatable bonds is 4. The fourth-order valence-electron chi connectivity index (χ4n) is 1.63. The Kier molecular flexibility index (Phi) is 6.14. The highest BCUT2D eigenvalue weighted by atomic mass is 35.5. The number of nitrogens with one attached hydrogen (secondary N) is 2. The van der Waals surface area contributed by atoms with E-state index in [0.717, 1.165) is 11.3 Å². The monoisotopic (exact) mass is 301 g/mol. The Morgan fingerprint density at radius 1 is 1.47 bits per heavy atom. The summed E-state index contributed by atoms with van der Waals surface area (Å²) >= 11 is 1.48. The molecule has 104 valence electrons. The number of amides is 2. The van der Waals surface area contributed by atoms with Gasteiger partial charge in [0.2, 0.25) is 5.91 Å². The molecular formula is C12H16ClN3O2S. The largest absolute Gasteiger partial charge is 0.352 e. The second kappa shape index (κ2) is 7.37. The minimum Gasteiger partial charge on any atom is -0.352 e. The van der Waals surface area contributed by atoms with Crippen molar-refractivity contribution >= 4 is 41.7 Å². The van der Waals surface area contributed by atoms with Crippen molar-refractivity contribution in [3.63, 3.8) is 0 Å². The number of thioether (sulfide) groups is 1. The third-order valence-electron chi connectivity index (χ3n) is 2.54. The molecular weight excluding hydrogens is 286 g/mol. The van der Waals surface area contributed by atoms with E-state index in [2.05, 4.69) is 10.6 Å². The van der Waals surface area contributed by atoms with E-state index in [9.17, 15) is 9.59 Å². The number of fused-ring (bicyclic) bond motifs is 1. The summed E-state index contributed by atoms with van der Waals surface area (Å²) in [5.41, 5.74) is 6.62. The third-order valence-corrected chi connectivity index (χ3v) is 3.61. The highest BCUT2D eigenvalue weighted by Gasteiger charge is 2.16. The molecule has 2 rings (SSSR count). The number of anilines is 1. The molecule has 1 aromatic rings. The first-order valence-corrected chi connectivity index (χ1v) is 6.74. The molecule has 1 aromatic carbocycles. The van der Waals surface area contributed by atoms with Crippen molar-refractivity contribution in [1.29, 1.82) is 0 Å². The Morgan fingerprint density at radius 2 is 2.26 bits per heavy atom. The van der Waals surface area contributed by atoms with Gasteiger partial charge in [0.1, 0.15) is 0 Å². The first-order chi connectivity index (χ1) is 8.70. The molecule has 1 aliphatic heterocycles. The number of nitrogens with two attached hydrogens (primary N) is 1. The number of halogens is 1. The lowest BCUT2D eigenvalue weighted by Crippen LogP contribution is -2.26. The van der Waals surface area contributed by atoms with E-state index in [4.69, 9.17) is 5.73 Å². The molecule has 0 saturated heterocycles. The molecule has 0 aliphatic carbocycles. The molecule has 2 amide bonds. The van der Waals surface area contributed by atoms with Crippen LogP contribution in [-0.2, 0) is 4.79 Å². The van der Waals surface area contributed by atoms with Crippen molar-refractivity contribution in [2.24, 2.45) is 5.73 Å². The van der Waals surface area contributed by atoms with Gasteiger partial charge in [-0.3, -0.25) is 9.59 Å². The van der Waals surface area contributed by atoms with Crippen LogP contribution in [0.3, 0.4) is 0 Å². The average molecular weight is 302 g/mol. The van der Waals surface area contributed by atoms with Crippen LogP contribution in [0.25, 0.3) is 0 Å². The maximum absolute atomic E-state index is 11.8. The highest BCUT2D eigenvalue weighted by molar-refractivity contribution is 8.00. The van der Waals surface area contributed by atoms with E-state index in [-0.39, 0.29) is 24.2 Å². The maximum atomic E-state index is 11.8. The van der Waals surface area contributed by atoms with Crippen molar-refractivity contribution < 1.29 is 9.59 Å². The van der Waals surface area contributed by atoms with Gasteiger partial charge in [-0.05, 0) is 31.2 Å². The molecule has 1 aliphatic rings. The van der Waals surface area contributed by atoms with Crippen molar-refractivity contribution in [3.05, 3.63) is 23.8 Å². The summed E-state index contributed by atoms with van der Waals surface area (Å²) in [4.78, 5) is 24.1. The van der Waals surface area contributed by atoms with Crippen molar-refractivity contribution in [1.82, 2.24) is 5.32 Å². The first kappa shape index (κ1) is 15.8. The second-order valence-corrected chi connectivity index (χ2v) is 4.96. The standard InChI is InChI=1S/C12H15N3O2S.ClH/c13-4-1-5-14-12(17)8-2-3-10-9(6-8)15-11(16)7-18-10;/h2-3,6H,1,4-5,7,13H2,(H,14,17)(H,15,16);1H. The Labute approximate surface area is 122 Å². The molecule has 0 fully saturated rings. The minimum atomic E-state index is -0.143. The van der Waals surface area contributed by atoms with Gasteiger partial charge in [0.15, 0.2) is 0 Å². The number of hydrogen-bond acceptors (Lipinski definition) is 4. The molecule has 7 heteroatoms. The van der Waals surface area contributed by atoms with Crippen LogP contribution in [0.2, 0.25) is 0 Å². The van der Waals surface area contributed by atoms with E-state index in [1.165, 1.54) is 11.8 Å². The normalized spacial score (nSPS) is 13.0. The molecule has 4 N–H and O–H groups in total. The van der Waals surface area contributed by atoms with Crippen LogP contribution < -0.4 is 16.4 Å². The fourth-order valence-corrected chi connectivity index (χ4v) is 2.42. The summed E-state index contributed by atoms with van der Waals surface area (Å²) in [5.74, 6) is 0.249. The summed E-state index contributed by atoms with van der Waals surface area (Å²) < 4.78 is 0. The van der Waals surface area contributed by atoms with Gasteiger partial charge in [0, 0.05) is 17.0 Å². The number of hydrogen-bond donors (Lipinski definition) is 3. The summed E-state index contributed by atoms with van der Waals surface area (Å²) in [5, 5.41) is 5.54. The Morgan fingerprint density at radius 3 is 3.00 bits per heavy atom. The molecule has 0 atom stereocenters. The summed E-state index contributed by atoms with van der Waals surface area (Å²) in [6, 6.07) is 5.33. The summed E-state index contributed by atoms with van der Waals surface area (Å²) in [7, 11) is 0. The predicted octanol–water partition coefficient (Wildman–Crippen LogP) is 1.23. The average Bonchev–Trinajstić information content (AvgIpc) is 2.38. The SMILES string of the molecule is Cl.NCCCNC(=O)c1ccc2c(c1)NC(=O)CS2. The Balaban J connectivity index is 0.00000180. The predicted molar refractivity (Wildman–Crippen MR) is 79.0 cm³/mol. The van der Waals surface area contributed by atoms with Gasteiger partial charge >= 0.3 is 0 Å². The molecule has 5 nitrogen and oxygen atoms in total. The van der Waals surface area contributed by atoms with E-state index in [0.29, 0.717) is 30.1 Å². The van der Waals surface area contributed by atoms with Gasteiger partial charge in [-0.1, -0.05) is 0 Å². The van der Waals surface area contributed by atoms with Crippen LogP contribution in [0.1, 0.15) is 16.8 Å². The van der Waals surface area contributed by atoms with Crippen LogP contribution in [-0.4, -0.2) is 30.7 Å². The van der Waals surface area contributed by atoms with Gasteiger partial charge in [0.05, 0.1) is 11.4 Å². The maximum Gasteiger partial charge on any atom is 0.251 e. The second-order valence-electron chi connectivity index (χ2n) is 3.95. The Bertz CT molecular complexity index is 482. The van der Waals surface area contributed by atoms with Gasteiger partial charge in [-0.25, -0.2) is 0 Å². The molecule has 0 spiro atoms. The molecule has 0 saturated carbocycles. The Hall–Kier alpha value is -1.24. The number of carbonyl (C=O) groups is 2. The number of carbonyl (C=O) groups excluding carboxylic acids is 2. The van der Waals surface area contributed by atoms with Gasteiger partial charge in [0.25, 0.3) is 5.91 Å². The zero-order valence-electron chi connectivity index (χ0n) is 10.3. The zero-order valence-corrected chi connectivity index (χ0v) is 11.9. The van der Waals surface area contributed by atoms with Crippen LogP contribution in [0, 0.1) is 0 Å². The van der Waals surface area contributed by atoms with Crippen LogP contribution in [0.5, 0.6) is 0 Å². The van der Waals surface area contributed by atoms with Crippen LogP contribution in [0.15, 0.2) is 23.1 Å². The lowest BCUT2D eigenvalue weighted by atomic mass is 10.2. The summed E-state index contributed by atoms with van der Waals surface area (Å²) in [6.07, 6.45) is 0.753.